The first kappa shape index (κ1) is 27.6. The molecule has 2 N–H and O–H groups in total. The van der Waals surface area contributed by atoms with Gasteiger partial charge in [0.05, 0.1) is 11.7 Å². The van der Waals surface area contributed by atoms with Crippen molar-refractivity contribution < 1.29 is 42.7 Å². The summed E-state index contributed by atoms with van der Waals surface area (Å²) in [6.45, 7) is 4.28. The van der Waals surface area contributed by atoms with Crippen LogP contribution in [0, 0.1) is 6.67 Å². The Bertz CT molecular complexity index is 979. The molecule has 0 amide bonds. The molecular formula is C26H26ClN4O2Pd-. The molecule has 34 heavy (non-hydrogen) atoms. The number of anilines is 1. The van der Waals surface area contributed by atoms with Crippen molar-refractivity contribution in [2.24, 2.45) is 0 Å². The van der Waals surface area contributed by atoms with Gasteiger partial charge in [0.2, 0.25) is 6.67 Å². The molecule has 1 saturated heterocycles. The maximum atomic E-state index is 10.1. The zero-order valence-corrected chi connectivity index (χ0v) is 20.7. The molecule has 0 unspecified atom stereocenters. The van der Waals surface area contributed by atoms with Crippen LogP contribution < -0.4 is 22.6 Å². The Kier molecular flexibility index (Phi) is 11.3. The van der Waals surface area contributed by atoms with Crippen LogP contribution in [0.3, 0.4) is 0 Å². The third-order valence-electron chi connectivity index (χ3n) is 5.35. The van der Waals surface area contributed by atoms with E-state index in [2.05, 4.69) is 64.3 Å². The second-order valence-electron chi connectivity index (χ2n) is 7.57. The molecule has 1 aromatic heterocycles. The molecule has 3 heterocycles. The average molecular weight is 568 g/mol. The Morgan fingerprint density at radius 3 is 2.24 bits per heavy atom. The molecule has 2 aliphatic heterocycles. The first-order valence-corrected chi connectivity index (χ1v) is 10.7. The summed E-state index contributed by atoms with van der Waals surface area (Å²) in [5.74, 6) is -0.720. The van der Waals surface area contributed by atoms with E-state index in [0.29, 0.717) is 0 Å². The number of aromatic nitrogens is 1. The van der Waals surface area contributed by atoms with Gasteiger partial charge in [-0.25, -0.2) is 0 Å². The van der Waals surface area contributed by atoms with Gasteiger partial charge in [-0.3, -0.25) is 9.78 Å². The van der Waals surface area contributed by atoms with Crippen molar-refractivity contribution in [3.63, 3.8) is 0 Å². The largest absolute Gasteiger partial charge is 1.00 e. The van der Waals surface area contributed by atoms with Gasteiger partial charge in [-0.15, -0.1) is 0 Å². The molecule has 5 rings (SSSR count). The molecule has 2 atom stereocenters. The molecular weight excluding hydrogens is 542 g/mol. The third-order valence-corrected chi connectivity index (χ3v) is 5.35. The second kappa shape index (κ2) is 13.9. The van der Waals surface area contributed by atoms with Gasteiger partial charge in [0.25, 0.3) is 0 Å². The summed E-state index contributed by atoms with van der Waals surface area (Å²) < 4.78 is 0. The molecule has 1 fully saturated rings. The van der Waals surface area contributed by atoms with E-state index in [1.807, 2.05) is 59.9 Å². The van der Waals surface area contributed by atoms with Gasteiger partial charge >= 0.3 is 5.97 Å². The first-order chi connectivity index (χ1) is 15.7. The minimum Gasteiger partial charge on any atom is -1.00 e. The van der Waals surface area contributed by atoms with Crippen molar-refractivity contribution in [2.75, 3.05) is 11.4 Å². The number of nitrogens with zero attached hydrogens (tertiary/aromatic N) is 3. The van der Waals surface area contributed by atoms with Gasteiger partial charge in [0.1, 0.15) is 6.04 Å². The average Bonchev–Trinajstić information content (AvgIpc) is 3.55. The standard InChI is InChI=1S/C21H17N3.C5H9NO2.ClH.Pd/c1-3-9-18(10-4-1)21(20-13-7-8-14-22-20)24-16-15-23(17-24)19-11-5-2-6-12-19;7-5(8)4-2-1-3-6-4;;/h1-16,21H;4,6H,1-3H2,(H,7,8);1H;/p-1/t21-;4-;;/m00../s1. The number of nitrogens with one attached hydrogen (secondary N) is 1. The Morgan fingerprint density at radius 1 is 1.00 bits per heavy atom. The van der Waals surface area contributed by atoms with Gasteiger partial charge in [-0.05, 0) is 49.2 Å². The zero-order chi connectivity index (χ0) is 22.2. The van der Waals surface area contributed by atoms with Crippen LogP contribution in [0.4, 0.5) is 5.69 Å². The smallest absolute Gasteiger partial charge is 0.320 e. The van der Waals surface area contributed by atoms with Crippen LogP contribution in [0.5, 0.6) is 0 Å². The number of carboxylic acid groups (broad SMARTS) is 1. The Morgan fingerprint density at radius 2 is 1.68 bits per heavy atom. The summed E-state index contributed by atoms with van der Waals surface area (Å²) in [6, 6.07) is 26.3. The predicted molar refractivity (Wildman–Crippen MR) is 124 cm³/mol. The van der Waals surface area contributed by atoms with E-state index in [1.165, 1.54) is 5.56 Å². The van der Waals surface area contributed by atoms with Gasteiger partial charge in [-0.1, -0.05) is 54.6 Å². The van der Waals surface area contributed by atoms with Crippen LogP contribution in [-0.4, -0.2) is 33.5 Å². The van der Waals surface area contributed by atoms with Crippen LogP contribution in [0.2, 0.25) is 0 Å². The number of carboxylic acids is 1. The van der Waals surface area contributed by atoms with Crippen LogP contribution >= 0.6 is 0 Å². The fourth-order valence-corrected chi connectivity index (χ4v) is 3.75. The topological polar surface area (TPSA) is 68.7 Å². The number of hydrogen-bond acceptors (Lipinski definition) is 5. The van der Waals surface area contributed by atoms with E-state index in [-0.39, 0.29) is 44.9 Å². The second-order valence-corrected chi connectivity index (χ2v) is 7.57. The summed E-state index contributed by atoms with van der Waals surface area (Å²) >= 11 is 0. The molecule has 0 saturated carbocycles. The number of benzene rings is 2. The number of hydrogen-bond donors (Lipinski definition) is 2. The van der Waals surface area contributed by atoms with Crippen molar-refractivity contribution in [3.05, 3.63) is 115 Å². The fourth-order valence-electron chi connectivity index (χ4n) is 3.75. The van der Waals surface area contributed by atoms with Crippen molar-refractivity contribution in [1.29, 1.82) is 0 Å². The van der Waals surface area contributed by atoms with Crippen molar-refractivity contribution in [3.8, 4) is 0 Å². The summed E-state index contributed by atoms with van der Waals surface area (Å²) in [6.07, 6.45) is 7.68. The summed E-state index contributed by atoms with van der Waals surface area (Å²) in [5.41, 5.74) is 3.27. The summed E-state index contributed by atoms with van der Waals surface area (Å²) in [5, 5.41) is 11.2. The molecule has 0 spiro atoms. The molecule has 2 radical (unpaired) electrons. The van der Waals surface area contributed by atoms with E-state index < -0.39 is 5.97 Å². The van der Waals surface area contributed by atoms with Gasteiger partial charge < -0.3 is 32.6 Å². The van der Waals surface area contributed by atoms with E-state index in [9.17, 15) is 4.79 Å². The van der Waals surface area contributed by atoms with Crippen LogP contribution in [0.25, 0.3) is 0 Å². The Hall–Kier alpha value is -2.69. The fraction of sp³-hybridized carbons (Fsp3) is 0.192. The molecule has 0 aliphatic carbocycles. The zero-order valence-electron chi connectivity index (χ0n) is 18.4. The molecule has 2 aromatic carbocycles. The molecule has 3 aromatic rings. The van der Waals surface area contributed by atoms with Crippen molar-refractivity contribution >= 4 is 11.7 Å². The van der Waals surface area contributed by atoms with Gasteiger partial charge in [0.15, 0.2) is 0 Å². The minimum absolute atomic E-state index is 0. The van der Waals surface area contributed by atoms with E-state index in [4.69, 9.17) is 5.11 Å². The van der Waals surface area contributed by atoms with Gasteiger partial charge in [0, 0.05) is 44.7 Å². The molecule has 2 aliphatic rings. The number of carbonyl (C=O) groups is 1. The van der Waals surface area contributed by atoms with Gasteiger partial charge in [-0.2, -0.15) is 0 Å². The quantitative estimate of drug-likeness (QED) is 0.453. The first-order valence-electron chi connectivity index (χ1n) is 10.7. The van der Waals surface area contributed by atoms with E-state index in [1.54, 1.807) is 0 Å². The normalized spacial score (nSPS) is 17.1. The Balaban J connectivity index is 0.000000351. The maximum absolute atomic E-state index is 10.1. The Labute approximate surface area is 220 Å². The number of rotatable bonds is 5. The van der Waals surface area contributed by atoms with Crippen LogP contribution in [0.15, 0.2) is 97.5 Å². The number of aliphatic carboxylic acids is 1. The van der Waals surface area contributed by atoms with Crippen LogP contribution in [0.1, 0.15) is 30.1 Å². The summed E-state index contributed by atoms with van der Waals surface area (Å²) in [4.78, 5) is 18.8. The van der Waals surface area contributed by atoms with Crippen molar-refractivity contribution in [2.45, 2.75) is 24.9 Å². The molecule has 6 nitrogen and oxygen atoms in total. The number of pyridine rings is 1. The molecule has 180 valence electrons. The number of halogens is 1. The minimum atomic E-state index is -0.720. The monoisotopic (exact) mass is 567 g/mol. The van der Waals surface area contributed by atoms with E-state index >= 15 is 0 Å². The summed E-state index contributed by atoms with van der Waals surface area (Å²) in [7, 11) is 0. The van der Waals surface area contributed by atoms with Crippen LogP contribution in [-0.2, 0) is 25.2 Å². The molecule has 0 bridgehead atoms. The SMILES string of the molecule is O=C(O)[C@@H]1CCCN1.[C]1N(c2ccccc2)C=CN1[C@@H](c1ccccc1)c1ccccn1.[Cl-].[Pd]. The van der Waals surface area contributed by atoms with E-state index in [0.717, 1.165) is 30.8 Å². The predicted octanol–water partition coefficient (Wildman–Crippen LogP) is 1.29. The molecule has 8 heteroatoms. The third kappa shape index (κ3) is 7.15. The van der Waals surface area contributed by atoms with Crippen molar-refractivity contribution in [1.82, 2.24) is 15.2 Å². The number of para-hydroxylation sites is 1. The maximum Gasteiger partial charge on any atom is 0.320 e.